The van der Waals surface area contributed by atoms with E-state index >= 15 is 0 Å². The summed E-state index contributed by atoms with van der Waals surface area (Å²) in [5, 5.41) is 12.4. The van der Waals surface area contributed by atoms with E-state index in [1.165, 1.54) is 17.7 Å². The molecule has 4 nitrogen and oxygen atoms in total. The lowest BCUT2D eigenvalue weighted by molar-refractivity contribution is 0.0932. The van der Waals surface area contributed by atoms with Crippen molar-refractivity contribution in [2.45, 2.75) is 18.5 Å². The first-order valence-corrected chi connectivity index (χ1v) is 6.58. The molecule has 0 heterocycles. The van der Waals surface area contributed by atoms with Crippen molar-refractivity contribution in [1.29, 1.82) is 0 Å². The molecule has 2 atom stereocenters. The molecule has 0 saturated carbocycles. The van der Waals surface area contributed by atoms with Crippen LogP contribution >= 0.6 is 0 Å². The summed E-state index contributed by atoms with van der Waals surface area (Å²) in [6.07, 6.45) is 0.765. The van der Waals surface area contributed by atoms with Crippen LogP contribution in [0.4, 0.5) is 0 Å². The molecule has 3 rings (SSSR count). The quantitative estimate of drug-likeness (QED) is 0.776. The van der Waals surface area contributed by atoms with Crippen LogP contribution in [0, 0.1) is 0 Å². The summed E-state index contributed by atoms with van der Waals surface area (Å²) in [5.74, 6) is -0.146. The number of amides is 1. The van der Waals surface area contributed by atoms with Crippen LogP contribution < -0.4 is 11.1 Å². The highest BCUT2D eigenvalue weighted by Crippen LogP contribution is 2.30. The Labute approximate surface area is 117 Å². The molecule has 0 saturated heterocycles. The number of carbonyl (C=O) groups is 1. The van der Waals surface area contributed by atoms with Gasteiger partial charge in [-0.2, -0.15) is 0 Å². The highest BCUT2D eigenvalue weighted by atomic mass is 16.3. The second kappa shape index (κ2) is 4.98. The van der Waals surface area contributed by atoms with Gasteiger partial charge in [-0.25, -0.2) is 0 Å². The van der Waals surface area contributed by atoms with Gasteiger partial charge in [-0.3, -0.25) is 4.79 Å². The Morgan fingerprint density at radius 3 is 2.80 bits per heavy atom. The number of fused-ring (bicyclic) bond motifs is 1. The lowest BCUT2D eigenvalue weighted by atomic mass is 10.1. The number of nitrogens with one attached hydrogen (secondary N) is 1. The molecule has 0 fully saturated rings. The van der Waals surface area contributed by atoms with Gasteiger partial charge in [0.25, 0.3) is 5.91 Å². The fourth-order valence-electron chi connectivity index (χ4n) is 2.68. The number of carbonyl (C=O) groups excluding carboxylic acids is 1. The summed E-state index contributed by atoms with van der Waals surface area (Å²) in [5.41, 5.74) is 8.81. The Kier molecular flexibility index (Phi) is 3.16. The van der Waals surface area contributed by atoms with Crippen molar-refractivity contribution in [2.75, 3.05) is 0 Å². The molecule has 0 bridgehead atoms. The van der Waals surface area contributed by atoms with Gasteiger partial charge in [0.1, 0.15) is 5.75 Å². The lowest BCUT2D eigenvalue weighted by Gasteiger charge is -2.18. The van der Waals surface area contributed by atoms with Gasteiger partial charge >= 0.3 is 0 Å². The van der Waals surface area contributed by atoms with Crippen molar-refractivity contribution in [3.8, 4) is 5.75 Å². The SMILES string of the molecule is NC1Cc2ccccc2C1NC(=O)c1cccc(O)c1. The average Bonchev–Trinajstić information content (AvgIpc) is 2.75. The normalized spacial score (nSPS) is 20.4. The monoisotopic (exact) mass is 268 g/mol. The summed E-state index contributed by atoms with van der Waals surface area (Å²) in [4.78, 5) is 12.2. The van der Waals surface area contributed by atoms with E-state index in [1.807, 2.05) is 24.3 Å². The maximum Gasteiger partial charge on any atom is 0.251 e. The van der Waals surface area contributed by atoms with Crippen molar-refractivity contribution in [3.63, 3.8) is 0 Å². The zero-order chi connectivity index (χ0) is 14.1. The second-order valence-corrected chi connectivity index (χ2v) is 5.07. The van der Waals surface area contributed by atoms with Gasteiger partial charge in [0, 0.05) is 11.6 Å². The van der Waals surface area contributed by atoms with Crippen LogP contribution in [0.15, 0.2) is 48.5 Å². The molecule has 0 aliphatic heterocycles. The number of benzene rings is 2. The van der Waals surface area contributed by atoms with E-state index in [0.717, 1.165) is 12.0 Å². The molecule has 2 unspecified atom stereocenters. The van der Waals surface area contributed by atoms with E-state index in [2.05, 4.69) is 5.32 Å². The molecular formula is C16H16N2O2. The Bertz CT molecular complexity index is 654. The van der Waals surface area contributed by atoms with E-state index in [4.69, 9.17) is 5.73 Å². The summed E-state index contributed by atoms with van der Waals surface area (Å²) in [6, 6.07) is 14.0. The maximum atomic E-state index is 12.2. The molecule has 20 heavy (non-hydrogen) atoms. The second-order valence-electron chi connectivity index (χ2n) is 5.07. The maximum absolute atomic E-state index is 12.2. The molecule has 1 aliphatic carbocycles. The van der Waals surface area contributed by atoms with Gasteiger partial charge in [0.05, 0.1) is 6.04 Å². The van der Waals surface area contributed by atoms with Crippen LogP contribution in [-0.2, 0) is 6.42 Å². The highest BCUT2D eigenvalue weighted by molar-refractivity contribution is 5.95. The van der Waals surface area contributed by atoms with Crippen LogP contribution in [0.25, 0.3) is 0 Å². The van der Waals surface area contributed by atoms with Gasteiger partial charge in [0.15, 0.2) is 0 Å². The third kappa shape index (κ3) is 2.26. The molecule has 4 N–H and O–H groups in total. The minimum absolute atomic E-state index is 0.0776. The zero-order valence-electron chi connectivity index (χ0n) is 10.9. The molecule has 0 spiro atoms. The minimum Gasteiger partial charge on any atom is -0.508 e. The number of hydrogen-bond acceptors (Lipinski definition) is 3. The van der Waals surface area contributed by atoms with E-state index in [1.54, 1.807) is 12.1 Å². The van der Waals surface area contributed by atoms with E-state index in [0.29, 0.717) is 5.56 Å². The molecule has 4 heteroatoms. The molecular weight excluding hydrogens is 252 g/mol. The van der Waals surface area contributed by atoms with Gasteiger partial charge in [0.2, 0.25) is 0 Å². The van der Waals surface area contributed by atoms with Gasteiger partial charge in [-0.1, -0.05) is 30.3 Å². The van der Waals surface area contributed by atoms with Gasteiger partial charge in [-0.15, -0.1) is 0 Å². The van der Waals surface area contributed by atoms with Gasteiger partial charge < -0.3 is 16.2 Å². The van der Waals surface area contributed by atoms with Crippen molar-refractivity contribution >= 4 is 5.91 Å². The first-order chi connectivity index (χ1) is 9.65. The molecule has 0 radical (unpaired) electrons. The Morgan fingerprint density at radius 1 is 1.20 bits per heavy atom. The molecule has 102 valence electrons. The van der Waals surface area contributed by atoms with Crippen molar-refractivity contribution in [3.05, 3.63) is 65.2 Å². The molecule has 2 aromatic rings. The van der Waals surface area contributed by atoms with Crippen LogP contribution in [-0.4, -0.2) is 17.1 Å². The topological polar surface area (TPSA) is 75.3 Å². The standard InChI is InChI=1S/C16H16N2O2/c17-14-9-10-4-1-2-7-13(10)15(14)18-16(20)11-5-3-6-12(19)8-11/h1-8,14-15,19H,9,17H2,(H,18,20). The third-order valence-electron chi connectivity index (χ3n) is 3.67. The average molecular weight is 268 g/mol. The Morgan fingerprint density at radius 2 is 2.00 bits per heavy atom. The Hall–Kier alpha value is -2.33. The lowest BCUT2D eigenvalue weighted by Crippen LogP contribution is -2.38. The van der Waals surface area contributed by atoms with Crippen LogP contribution in [0.3, 0.4) is 0 Å². The van der Waals surface area contributed by atoms with Crippen molar-refractivity contribution in [2.24, 2.45) is 5.73 Å². The fraction of sp³-hybridized carbons (Fsp3) is 0.188. The largest absolute Gasteiger partial charge is 0.508 e. The first-order valence-electron chi connectivity index (χ1n) is 6.58. The summed E-state index contributed by atoms with van der Waals surface area (Å²) < 4.78 is 0. The molecule has 1 aliphatic rings. The Balaban J connectivity index is 1.83. The first kappa shape index (κ1) is 12.7. The van der Waals surface area contributed by atoms with Crippen molar-refractivity contribution in [1.82, 2.24) is 5.32 Å². The minimum atomic E-state index is -0.224. The van der Waals surface area contributed by atoms with E-state index < -0.39 is 0 Å². The van der Waals surface area contributed by atoms with Crippen LogP contribution in [0.2, 0.25) is 0 Å². The number of hydrogen-bond donors (Lipinski definition) is 3. The predicted molar refractivity (Wildman–Crippen MR) is 76.4 cm³/mol. The number of phenolic OH excluding ortho intramolecular Hbond substituents is 1. The number of aromatic hydroxyl groups is 1. The molecule has 2 aromatic carbocycles. The highest BCUT2D eigenvalue weighted by Gasteiger charge is 2.30. The molecule has 1 amide bonds. The summed E-state index contributed by atoms with van der Waals surface area (Å²) >= 11 is 0. The smallest absolute Gasteiger partial charge is 0.251 e. The zero-order valence-corrected chi connectivity index (χ0v) is 10.9. The number of nitrogens with two attached hydrogens (primary N) is 1. The fourth-order valence-corrected chi connectivity index (χ4v) is 2.68. The van der Waals surface area contributed by atoms with Crippen LogP contribution in [0.5, 0.6) is 5.75 Å². The summed E-state index contributed by atoms with van der Waals surface area (Å²) in [7, 11) is 0. The third-order valence-corrected chi connectivity index (χ3v) is 3.67. The molecule has 0 aromatic heterocycles. The van der Waals surface area contributed by atoms with E-state index in [-0.39, 0.29) is 23.7 Å². The van der Waals surface area contributed by atoms with Crippen molar-refractivity contribution < 1.29 is 9.90 Å². The number of rotatable bonds is 2. The van der Waals surface area contributed by atoms with Gasteiger partial charge in [-0.05, 0) is 35.7 Å². The summed E-state index contributed by atoms with van der Waals surface area (Å²) in [6.45, 7) is 0. The predicted octanol–water partition coefficient (Wildman–Crippen LogP) is 1.75. The number of phenols is 1. The van der Waals surface area contributed by atoms with E-state index in [9.17, 15) is 9.90 Å². The van der Waals surface area contributed by atoms with Crippen LogP contribution in [0.1, 0.15) is 27.5 Å².